The lowest BCUT2D eigenvalue weighted by Crippen LogP contribution is -2.40. The lowest BCUT2D eigenvalue weighted by Gasteiger charge is -2.19. The first-order valence-electron chi connectivity index (χ1n) is 8.05. The Morgan fingerprint density at radius 2 is 1.62 bits per heavy atom. The standard InChI is InChI=1S/C21H22O2Si/c1-4-23-21(22)19(16-15-18-11-7-5-8-12-18)17-24(2,3)20-13-9-6-10-14-20/h5-14,17H,4H2,1-3H3/b19-17+. The van der Waals surface area contributed by atoms with Crippen molar-refractivity contribution in [2.45, 2.75) is 20.0 Å². The van der Waals surface area contributed by atoms with Crippen LogP contribution in [0, 0.1) is 11.8 Å². The molecule has 122 valence electrons. The van der Waals surface area contributed by atoms with Crippen molar-refractivity contribution >= 4 is 19.2 Å². The van der Waals surface area contributed by atoms with Crippen molar-refractivity contribution in [2.75, 3.05) is 6.61 Å². The van der Waals surface area contributed by atoms with Gasteiger partial charge in [-0.1, -0.05) is 84.4 Å². The van der Waals surface area contributed by atoms with Crippen molar-refractivity contribution in [3.8, 4) is 11.8 Å². The molecule has 0 saturated heterocycles. The van der Waals surface area contributed by atoms with E-state index in [0.29, 0.717) is 12.2 Å². The predicted molar refractivity (Wildman–Crippen MR) is 102 cm³/mol. The molecule has 24 heavy (non-hydrogen) atoms. The number of benzene rings is 2. The molecule has 2 rings (SSSR count). The van der Waals surface area contributed by atoms with Crippen LogP contribution >= 0.6 is 0 Å². The van der Waals surface area contributed by atoms with Crippen molar-refractivity contribution in [3.05, 3.63) is 77.5 Å². The average molecular weight is 334 g/mol. The van der Waals surface area contributed by atoms with Crippen LogP contribution in [0.15, 0.2) is 71.9 Å². The second-order valence-electron chi connectivity index (χ2n) is 5.98. The fourth-order valence-electron chi connectivity index (χ4n) is 2.33. The Kier molecular flexibility index (Phi) is 6.17. The van der Waals surface area contributed by atoms with Crippen LogP contribution in [0.4, 0.5) is 0 Å². The van der Waals surface area contributed by atoms with E-state index >= 15 is 0 Å². The molecule has 0 atom stereocenters. The first-order chi connectivity index (χ1) is 11.5. The van der Waals surface area contributed by atoms with Gasteiger partial charge in [0.25, 0.3) is 0 Å². The summed E-state index contributed by atoms with van der Waals surface area (Å²) in [7, 11) is -1.94. The fraction of sp³-hybridized carbons (Fsp3) is 0.190. The third-order valence-electron chi connectivity index (χ3n) is 3.63. The van der Waals surface area contributed by atoms with Gasteiger partial charge in [0.2, 0.25) is 0 Å². The highest BCUT2D eigenvalue weighted by atomic mass is 28.3. The Morgan fingerprint density at radius 1 is 1.04 bits per heavy atom. The molecule has 3 heteroatoms. The second kappa shape index (κ2) is 8.33. The van der Waals surface area contributed by atoms with Crippen LogP contribution in [0.5, 0.6) is 0 Å². The molecule has 0 radical (unpaired) electrons. The molecular weight excluding hydrogens is 312 g/mol. The molecule has 0 fully saturated rings. The molecule has 0 spiro atoms. The summed E-state index contributed by atoms with van der Waals surface area (Å²) in [6, 6.07) is 19.9. The summed E-state index contributed by atoms with van der Waals surface area (Å²) in [5.74, 6) is 5.73. The highest BCUT2D eigenvalue weighted by molar-refractivity contribution is 6.94. The molecule has 0 unspecified atom stereocenters. The van der Waals surface area contributed by atoms with Gasteiger partial charge in [-0.2, -0.15) is 0 Å². The number of esters is 1. The summed E-state index contributed by atoms with van der Waals surface area (Å²) in [6.07, 6.45) is 0. The highest BCUT2D eigenvalue weighted by Crippen LogP contribution is 2.10. The third kappa shape index (κ3) is 4.97. The summed E-state index contributed by atoms with van der Waals surface area (Å²) >= 11 is 0. The van der Waals surface area contributed by atoms with Crippen LogP contribution < -0.4 is 5.19 Å². The molecule has 0 bridgehead atoms. The molecular formula is C21H22O2Si. The van der Waals surface area contributed by atoms with Gasteiger partial charge in [-0.15, -0.1) is 0 Å². The zero-order valence-corrected chi connectivity index (χ0v) is 15.4. The number of carbonyl (C=O) groups excluding carboxylic acids is 1. The van der Waals surface area contributed by atoms with Gasteiger partial charge in [0.05, 0.1) is 6.61 Å². The Labute approximate surface area is 145 Å². The topological polar surface area (TPSA) is 26.3 Å². The minimum Gasteiger partial charge on any atom is -0.462 e. The van der Waals surface area contributed by atoms with Gasteiger partial charge in [0.1, 0.15) is 13.6 Å². The van der Waals surface area contributed by atoms with E-state index in [1.165, 1.54) is 5.19 Å². The van der Waals surface area contributed by atoms with E-state index in [1.54, 1.807) is 6.92 Å². The maximum Gasteiger partial charge on any atom is 0.345 e. The smallest absolute Gasteiger partial charge is 0.345 e. The molecule has 0 aromatic heterocycles. The molecule has 0 aliphatic rings. The minimum atomic E-state index is -1.94. The summed E-state index contributed by atoms with van der Waals surface area (Å²) in [4.78, 5) is 12.3. The second-order valence-corrected chi connectivity index (χ2v) is 10.3. The van der Waals surface area contributed by atoms with Crippen LogP contribution in [0.1, 0.15) is 12.5 Å². The van der Waals surface area contributed by atoms with Crippen molar-refractivity contribution < 1.29 is 9.53 Å². The highest BCUT2D eigenvalue weighted by Gasteiger charge is 2.23. The van der Waals surface area contributed by atoms with Gasteiger partial charge in [0.15, 0.2) is 0 Å². The van der Waals surface area contributed by atoms with Gasteiger partial charge in [-0.05, 0) is 19.1 Å². The molecule has 2 aromatic carbocycles. The summed E-state index contributed by atoms with van der Waals surface area (Å²) in [6.45, 7) is 6.55. The predicted octanol–water partition coefficient (Wildman–Crippen LogP) is 3.68. The summed E-state index contributed by atoms with van der Waals surface area (Å²) < 4.78 is 5.19. The van der Waals surface area contributed by atoms with E-state index in [4.69, 9.17) is 4.74 Å². The van der Waals surface area contributed by atoms with E-state index in [2.05, 4.69) is 37.1 Å². The Hall–Kier alpha value is -2.57. The van der Waals surface area contributed by atoms with Crippen LogP contribution in [-0.4, -0.2) is 20.7 Å². The molecule has 2 nitrogen and oxygen atoms in total. The number of ether oxygens (including phenoxy) is 1. The fourth-order valence-corrected chi connectivity index (χ4v) is 4.46. The van der Waals surface area contributed by atoms with Crippen molar-refractivity contribution in [3.63, 3.8) is 0 Å². The number of hydrogen-bond donors (Lipinski definition) is 0. The maximum atomic E-state index is 12.3. The summed E-state index contributed by atoms with van der Waals surface area (Å²) in [5.41, 5.74) is 3.35. The molecule has 0 aliphatic heterocycles. The molecule has 0 saturated carbocycles. The van der Waals surface area contributed by atoms with Crippen molar-refractivity contribution in [1.82, 2.24) is 0 Å². The van der Waals surface area contributed by atoms with Gasteiger partial charge < -0.3 is 4.74 Å². The van der Waals surface area contributed by atoms with E-state index in [0.717, 1.165) is 5.56 Å². The zero-order chi connectivity index (χ0) is 17.4. The quantitative estimate of drug-likeness (QED) is 0.369. The lowest BCUT2D eigenvalue weighted by atomic mass is 10.2. The summed E-state index contributed by atoms with van der Waals surface area (Å²) in [5, 5.41) is 1.26. The van der Waals surface area contributed by atoms with E-state index in [1.807, 2.05) is 54.2 Å². The van der Waals surface area contributed by atoms with Crippen molar-refractivity contribution in [2.24, 2.45) is 0 Å². The number of carbonyl (C=O) groups is 1. The Balaban J connectivity index is 2.39. The Morgan fingerprint density at radius 3 is 2.21 bits per heavy atom. The van der Waals surface area contributed by atoms with Gasteiger partial charge in [0, 0.05) is 5.56 Å². The van der Waals surface area contributed by atoms with Crippen LogP contribution in [0.25, 0.3) is 0 Å². The molecule has 0 heterocycles. The largest absolute Gasteiger partial charge is 0.462 e. The van der Waals surface area contributed by atoms with E-state index < -0.39 is 8.07 Å². The van der Waals surface area contributed by atoms with E-state index in [-0.39, 0.29) is 5.97 Å². The first-order valence-corrected chi connectivity index (χ1v) is 11.1. The lowest BCUT2D eigenvalue weighted by molar-refractivity contribution is -0.137. The molecule has 2 aromatic rings. The van der Waals surface area contributed by atoms with Gasteiger partial charge in [-0.25, -0.2) is 4.79 Å². The monoisotopic (exact) mass is 334 g/mol. The van der Waals surface area contributed by atoms with E-state index in [9.17, 15) is 4.79 Å². The normalized spacial score (nSPS) is 11.4. The van der Waals surface area contributed by atoms with Crippen LogP contribution in [0.3, 0.4) is 0 Å². The minimum absolute atomic E-state index is 0.344. The SMILES string of the molecule is CCOC(=O)/C(C#Cc1ccccc1)=C/[Si](C)(C)c1ccccc1. The maximum absolute atomic E-state index is 12.3. The van der Waals surface area contributed by atoms with Crippen molar-refractivity contribution in [1.29, 1.82) is 0 Å². The van der Waals surface area contributed by atoms with Gasteiger partial charge >= 0.3 is 5.97 Å². The first kappa shape index (κ1) is 17.8. The zero-order valence-electron chi connectivity index (χ0n) is 14.4. The van der Waals surface area contributed by atoms with Crippen LogP contribution in [0.2, 0.25) is 13.1 Å². The van der Waals surface area contributed by atoms with Gasteiger partial charge in [-0.3, -0.25) is 0 Å². The third-order valence-corrected chi connectivity index (χ3v) is 6.47. The number of hydrogen-bond acceptors (Lipinski definition) is 2. The van der Waals surface area contributed by atoms with Crippen LogP contribution in [-0.2, 0) is 9.53 Å². The molecule has 0 aliphatic carbocycles. The molecule has 0 N–H and O–H groups in total. The average Bonchev–Trinajstić information content (AvgIpc) is 2.60. The molecule has 0 amide bonds. The number of rotatable bonds is 4. The Bertz CT molecular complexity index is 766.